The monoisotopic (exact) mass is 436 g/mol. The van der Waals surface area contributed by atoms with Crippen molar-refractivity contribution < 1.29 is 4.79 Å². The number of rotatable bonds is 2. The summed E-state index contributed by atoms with van der Waals surface area (Å²) in [6.45, 7) is 0. The summed E-state index contributed by atoms with van der Waals surface area (Å²) in [4.78, 5) is 17.1. The van der Waals surface area contributed by atoms with E-state index in [0.29, 0.717) is 10.1 Å². The zero-order valence-corrected chi connectivity index (χ0v) is 15.2. The van der Waals surface area contributed by atoms with Crippen LogP contribution in [0.4, 0.5) is 5.69 Å². The van der Waals surface area contributed by atoms with Gasteiger partial charge in [-0.2, -0.15) is 0 Å². The number of nitrogens with zero attached hydrogens (tertiary/aromatic N) is 1. The molecule has 0 bridgehead atoms. The minimum absolute atomic E-state index is 0.121. The number of hydrogen-bond donors (Lipinski definition) is 1. The summed E-state index contributed by atoms with van der Waals surface area (Å²) < 4.78 is 2.01. The van der Waals surface area contributed by atoms with Crippen molar-refractivity contribution in [2.75, 3.05) is 0 Å². The molecule has 3 rings (SSSR count). The lowest BCUT2D eigenvalue weighted by molar-refractivity contribution is -0.115. The Hall–Kier alpha value is -1.37. The van der Waals surface area contributed by atoms with Gasteiger partial charge in [0.25, 0.3) is 5.91 Å². The number of aliphatic imine (C=N–C) groups is 1. The molecule has 1 aliphatic heterocycles. The molecule has 0 saturated carbocycles. The molecule has 0 unspecified atom stereocenters. The average Bonchev–Trinajstić information content (AvgIpc) is 2.84. The lowest BCUT2D eigenvalue weighted by Gasteiger charge is -1.96. The first kappa shape index (κ1) is 15.5. The van der Waals surface area contributed by atoms with E-state index in [4.69, 9.17) is 0 Å². The van der Waals surface area contributed by atoms with Crippen LogP contribution in [0.1, 0.15) is 5.56 Å². The standard InChI is InChI=1S/C16H10Br2N2OS/c17-11-3-1-10(2-4-11)9-14-15(21)20-16(22-14)19-13-7-5-12(18)6-8-13/h1-9H,(H,19,20,21)/b14-9+. The Bertz CT molecular complexity index is 768. The number of carbonyl (C=O) groups is 1. The Morgan fingerprint density at radius 3 is 2.18 bits per heavy atom. The van der Waals surface area contributed by atoms with Crippen LogP contribution in [0.15, 0.2) is 67.4 Å². The third-order valence-electron chi connectivity index (χ3n) is 2.88. The van der Waals surface area contributed by atoms with Gasteiger partial charge in [-0.05, 0) is 59.8 Å². The van der Waals surface area contributed by atoms with Crippen molar-refractivity contribution in [1.29, 1.82) is 0 Å². The molecule has 2 aromatic rings. The molecule has 1 amide bonds. The van der Waals surface area contributed by atoms with Gasteiger partial charge < -0.3 is 5.32 Å². The number of halogens is 2. The van der Waals surface area contributed by atoms with E-state index in [1.165, 1.54) is 11.8 Å². The maximum Gasteiger partial charge on any atom is 0.264 e. The highest BCUT2D eigenvalue weighted by atomic mass is 79.9. The van der Waals surface area contributed by atoms with E-state index >= 15 is 0 Å². The topological polar surface area (TPSA) is 41.5 Å². The molecule has 0 radical (unpaired) electrons. The second-order valence-corrected chi connectivity index (χ2v) is 7.37. The van der Waals surface area contributed by atoms with Gasteiger partial charge in [-0.25, -0.2) is 4.99 Å². The smallest absolute Gasteiger partial charge is 0.264 e. The van der Waals surface area contributed by atoms with Crippen molar-refractivity contribution in [2.45, 2.75) is 0 Å². The van der Waals surface area contributed by atoms with Crippen molar-refractivity contribution in [3.63, 3.8) is 0 Å². The molecule has 22 heavy (non-hydrogen) atoms. The van der Waals surface area contributed by atoms with Crippen LogP contribution in [0.3, 0.4) is 0 Å². The zero-order chi connectivity index (χ0) is 15.5. The van der Waals surface area contributed by atoms with Gasteiger partial charge in [-0.1, -0.05) is 44.0 Å². The van der Waals surface area contributed by atoms with E-state index in [-0.39, 0.29) is 5.91 Å². The SMILES string of the molecule is O=C1NC(=Nc2ccc(Br)cc2)S/C1=C/c1ccc(Br)cc1. The highest BCUT2D eigenvalue weighted by Gasteiger charge is 2.23. The molecule has 6 heteroatoms. The number of nitrogens with one attached hydrogen (secondary N) is 1. The quantitative estimate of drug-likeness (QED) is 0.663. The molecule has 1 aliphatic rings. The van der Waals surface area contributed by atoms with E-state index in [9.17, 15) is 4.79 Å². The Balaban J connectivity index is 1.80. The summed E-state index contributed by atoms with van der Waals surface area (Å²) in [6, 6.07) is 15.4. The molecule has 1 saturated heterocycles. The third kappa shape index (κ3) is 3.88. The Labute approximate surface area is 149 Å². The molecular weight excluding hydrogens is 428 g/mol. The van der Waals surface area contributed by atoms with Crippen molar-refractivity contribution in [3.05, 3.63) is 67.9 Å². The number of carbonyl (C=O) groups excluding carboxylic acids is 1. The third-order valence-corrected chi connectivity index (χ3v) is 4.84. The van der Waals surface area contributed by atoms with Crippen molar-refractivity contribution in [3.8, 4) is 0 Å². The molecule has 0 spiro atoms. The minimum Gasteiger partial charge on any atom is -0.300 e. The second-order valence-electron chi connectivity index (χ2n) is 4.51. The van der Waals surface area contributed by atoms with Crippen LogP contribution in [0.25, 0.3) is 6.08 Å². The van der Waals surface area contributed by atoms with E-state index in [0.717, 1.165) is 20.2 Å². The largest absolute Gasteiger partial charge is 0.300 e. The first-order valence-corrected chi connectivity index (χ1v) is 8.81. The number of amides is 1. The zero-order valence-electron chi connectivity index (χ0n) is 11.2. The highest BCUT2D eigenvalue weighted by Crippen LogP contribution is 2.28. The maximum absolute atomic E-state index is 12.0. The van der Waals surface area contributed by atoms with Crippen LogP contribution in [-0.4, -0.2) is 11.1 Å². The van der Waals surface area contributed by atoms with Gasteiger partial charge >= 0.3 is 0 Å². The van der Waals surface area contributed by atoms with Crippen LogP contribution in [0.2, 0.25) is 0 Å². The predicted molar refractivity (Wildman–Crippen MR) is 99.1 cm³/mol. The van der Waals surface area contributed by atoms with Crippen LogP contribution in [0, 0.1) is 0 Å². The van der Waals surface area contributed by atoms with Crippen molar-refractivity contribution in [2.24, 2.45) is 4.99 Å². The highest BCUT2D eigenvalue weighted by molar-refractivity contribution is 9.10. The first-order valence-electron chi connectivity index (χ1n) is 6.41. The fraction of sp³-hybridized carbons (Fsp3) is 0. The first-order chi connectivity index (χ1) is 10.6. The summed E-state index contributed by atoms with van der Waals surface area (Å²) in [7, 11) is 0. The molecule has 3 nitrogen and oxygen atoms in total. The number of hydrogen-bond acceptors (Lipinski definition) is 3. The van der Waals surface area contributed by atoms with E-state index in [2.05, 4.69) is 42.2 Å². The number of benzene rings is 2. The number of amidine groups is 1. The van der Waals surface area contributed by atoms with Crippen LogP contribution >= 0.6 is 43.6 Å². The van der Waals surface area contributed by atoms with Crippen LogP contribution in [-0.2, 0) is 4.79 Å². The van der Waals surface area contributed by atoms with Gasteiger partial charge in [0.15, 0.2) is 5.17 Å². The summed E-state index contributed by atoms with van der Waals surface area (Å²) in [5.41, 5.74) is 1.78. The Morgan fingerprint density at radius 1 is 0.955 bits per heavy atom. The van der Waals surface area contributed by atoms with Gasteiger partial charge in [0.2, 0.25) is 0 Å². The Morgan fingerprint density at radius 2 is 1.55 bits per heavy atom. The molecule has 0 aromatic heterocycles. The lowest BCUT2D eigenvalue weighted by atomic mass is 10.2. The van der Waals surface area contributed by atoms with Gasteiger partial charge in [0, 0.05) is 8.95 Å². The molecule has 1 heterocycles. The Kier molecular flexibility index (Phi) is 4.81. The molecule has 0 aliphatic carbocycles. The summed E-state index contributed by atoms with van der Waals surface area (Å²) in [6.07, 6.45) is 1.86. The molecule has 2 aromatic carbocycles. The van der Waals surface area contributed by atoms with Crippen molar-refractivity contribution in [1.82, 2.24) is 5.32 Å². The molecule has 110 valence electrons. The van der Waals surface area contributed by atoms with E-state index in [1.807, 2.05) is 54.6 Å². The van der Waals surface area contributed by atoms with Gasteiger partial charge in [-0.15, -0.1) is 0 Å². The summed E-state index contributed by atoms with van der Waals surface area (Å²) in [5, 5.41) is 3.38. The lowest BCUT2D eigenvalue weighted by Crippen LogP contribution is -2.19. The normalized spacial score (nSPS) is 18.0. The second kappa shape index (κ2) is 6.81. The fourth-order valence-electron chi connectivity index (χ4n) is 1.82. The summed E-state index contributed by atoms with van der Waals surface area (Å²) >= 11 is 8.12. The number of thioether (sulfide) groups is 1. The van der Waals surface area contributed by atoms with Crippen LogP contribution in [0.5, 0.6) is 0 Å². The maximum atomic E-state index is 12.0. The summed E-state index contributed by atoms with van der Waals surface area (Å²) in [5.74, 6) is -0.121. The molecular formula is C16H10Br2N2OS. The predicted octanol–water partition coefficient (Wildman–Crippen LogP) is 5.10. The fourth-order valence-corrected chi connectivity index (χ4v) is 3.19. The average molecular weight is 438 g/mol. The van der Waals surface area contributed by atoms with Crippen LogP contribution < -0.4 is 5.32 Å². The molecule has 1 N–H and O–H groups in total. The minimum atomic E-state index is -0.121. The van der Waals surface area contributed by atoms with E-state index in [1.54, 1.807) is 0 Å². The van der Waals surface area contributed by atoms with Gasteiger partial charge in [-0.3, -0.25) is 4.79 Å². The van der Waals surface area contributed by atoms with Crippen molar-refractivity contribution >= 4 is 66.5 Å². The van der Waals surface area contributed by atoms with Gasteiger partial charge in [0.1, 0.15) is 0 Å². The molecule has 0 atom stereocenters. The van der Waals surface area contributed by atoms with E-state index < -0.39 is 0 Å². The van der Waals surface area contributed by atoms with Gasteiger partial charge in [0.05, 0.1) is 10.6 Å². The molecule has 1 fully saturated rings.